The van der Waals surface area contributed by atoms with Gasteiger partial charge in [-0.3, -0.25) is 0 Å². The molecule has 6 heteroatoms. The molecule has 0 bridgehead atoms. The largest absolute Gasteiger partial charge is 0.377 e. The molecule has 118 valence electrons. The molecule has 1 fully saturated rings. The van der Waals surface area contributed by atoms with Gasteiger partial charge in [-0.05, 0) is 24.8 Å². The average Bonchev–Trinajstić information content (AvgIpc) is 2.52. The van der Waals surface area contributed by atoms with Crippen molar-refractivity contribution < 1.29 is 13.2 Å². The highest BCUT2D eigenvalue weighted by atomic mass is 32.2. The SMILES string of the molecule is CCCO[C@H]1CCCN(S(=O)(=O)NCc2ccccc2)C1. The molecule has 1 N–H and O–H groups in total. The molecule has 1 aromatic carbocycles. The van der Waals surface area contributed by atoms with Crippen molar-refractivity contribution in [3.63, 3.8) is 0 Å². The monoisotopic (exact) mass is 312 g/mol. The lowest BCUT2D eigenvalue weighted by atomic mass is 10.1. The van der Waals surface area contributed by atoms with E-state index in [9.17, 15) is 8.42 Å². The molecule has 1 aliphatic rings. The van der Waals surface area contributed by atoms with E-state index in [1.165, 1.54) is 4.31 Å². The molecule has 0 saturated carbocycles. The Bertz CT molecular complexity index is 519. The minimum atomic E-state index is -3.44. The molecule has 0 aromatic heterocycles. The molecule has 0 spiro atoms. The average molecular weight is 312 g/mol. The molecule has 0 aliphatic carbocycles. The highest BCUT2D eigenvalue weighted by molar-refractivity contribution is 7.87. The van der Waals surface area contributed by atoms with Crippen molar-refractivity contribution in [2.24, 2.45) is 0 Å². The van der Waals surface area contributed by atoms with E-state index in [-0.39, 0.29) is 6.10 Å². The number of piperidine rings is 1. The van der Waals surface area contributed by atoms with Gasteiger partial charge in [-0.1, -0.05) is 37.3 Å². The Morgan fingerprint density at radius 1 is 1.33 bits per heavy atom. The number of nitrogens with one attached hydrogen (secondary N) is 1. The predicted octanol–water partition coefficient (Wildman–Crippen LogP) is 1.91. The molecule has 5 nitrogen and oxygen atoms in total. The van der Waals surface area contributed by atoms with Crippen LogP contribution in [0.4, 0.5) is 0 Å². The molecule has 2 rings (SSSR count). The molecule has 0 amide bonds. The molecular formula is C15H24N2O3S. The van der Waals surface area contributed by atoms with E-state index in [1.807, 2.05) is 30.3 Å². The predicted molar refractivity (Wildman–Crippen MR) is 83.0 cm³/mol. The molecule has 1 heterocycles. The first-order chi connectivity index (χ1) is 10.1. The van der Waals surface area contributed by atoms with Gasteiger partial charge in [0.2, 0.25) is 0 Å². The van der Waals surface area contributed by atoms with Gasteiger partial charge in [0.25, 0.3) is 10.2 Å². The van der Waals surface area contributed by atoms with Crippen LogP contribution in [0.5, 0.6) is 0 Å². The van der Waals surface area contributed by atoms with Crippen molar-refractivity contribution >= 4 is 10.2 Å². The summed E-state index contributed by atoms with van der Waals surface area (Å²) in [7, 11) is -3.44. The maximum absolute atomic E-state index is 12.3. The third-order valence-electron chi connectivity index (χ3n) is 3.54. The first-order valence-electron chi connectivity index (χ1n) is 7.52. The van der Waals surface area contributed by atoms with Gasteiger partial charge in [-0.2, -0.15) is 17.4 Å². The first-order valence-corrected chi connectivity index (χ1v) is 8.96. The number of hydrogen-bond acceptors (Lipinski definition) is 3. The van der Waals surface area contributed by atoms with Crippen LogP contribution >= 0.6 is 0 Å². The minimum Gasteiger partial charge on any atom is -0.377 e. The zero-order valence-corrected chi connectivity index (χ0v) is 13.3. The summed E-state index contributed by atoms with van der Waals surface area (Å²) in [5.41, 5.74) is 0.955. The van der Waals surface area contributed by atoms with Crippen LogP contribution in [0.25, 0.3) is 0 Å². The quantitative estimate of drug-likeness (QED) is 0.837. The molecule has 21 heavy (non-hydrogen) atoms. The summed E-state index contributed by atoms with van der Waals surface area (Å²) in [5.74, 6) is 0. The Morgan fingerprint density at radius 3 is 2.81 bits per heavy atom. The number of nitrogens with zero attached hydrogens (tertiary/aromatic N) is 1. The second kappa shape index (κ2) is 7.89. The number of ether oxygens (including phenoxy) is 1. The summed E-state index contributed by atoms with van der Waals surface area (Å²) in [6.07, 6.45) is 2.76. The highest BCUT2D eigenvalue weighted by Crippen LogP contribution is 2.16. The van der Waals surface area contributed by atoms with Gasteiger partial charge < -0.3 is 4.74 Å². The second-order valence-corrected chi connectivity index (χ2v) is 7.06. The molecule has 0 unspecified atom stereocenters. The van der Waals surface area contributed by atoms with Gasteiger partial charge in [-0.25, -0.2) is 0 Å². The zero-order chi connectivity index (χ0) is 15.1. The summed E-state index contributed by atoms with van der Waals surface area (Å²) < 4.78 is 34.5. The smallest absolute Gasteiger partial charge is 0.279 e. The zero-order valence-electron chi connectivity index (χ0n) is 12.5. The van der Waals surface area contributed by atoms with Gasteiger partial charge in [-0.15, -0.1) is 0 Å². The van der Waals surface area contributed by atoms with Crippen LogP contribution in [-0.2, 0) is 21.5 Å². The lowest BCUT2D eigenvalue weighted by Gasteiger charge is -2.31. The van der Waals surface area contributed by atoms with E-state index >= 15 is 0 Å². The van der Waals surface area contributed by atoms with Gasteiger partial charge in [0.05, 0.1) is 6.10 Å². The fourth-order valence-electron chi connectivity index (χ4n) is 2.41. The van der Waals surface area contributed by atoms with Crippen LogP contribution in [0.2, 0.25) is 0 Å². The maximum Gasteiger partial charge on any atom is 0.279 e. The molecular weight excluding hydrogens is 288 g/mol. The fourth-order valence-corrected chi connectivity index (χ4v) is 3.67. The van der Waals surface area contributed by atoms with E-state index in [2.05, 4.69) is 11.6 Å². The molecule has 1 aromatic rings. The Hall–Kier alpha value is -0.950. The normalized spacial score (nSPS) is 20.5. The summed E-state index contributed by atoms with van der Waals surface area (Å²) in [6, 6.07) is 9.54. The Balaban J connectivity index is 1.89. The van der Waals surface area contributed by atoms with Crippen LogP contribution in [0.1, 0.15) is 31.7 Å². The van der Waals surface area contributed by atoms with Gasteiger partial charge in [0.1, 0.15) is 0 Å². The van der Waals surface area contributed by atoms with Gasteiger partial charge in [0.15, 0.2) is 0 Å². The number of hydrogen-bond donors (Lipinski definition) is 1. The number of rotatable bonds is 7. The lowest BCUT2D eigenvalue weighted by Crippen LogP contribution is -2.48. The van der Waals surface area contributed by atoms with Crippen molar-refractivity contribution in [1.82, 2.24) is 9.03 Å². The standard InChI is InChI=1S/C15H24N2O3S/c1-2-11-20-15-9-6-10-17(13-15)21(18,19)16-12-14-7-4-3-5-8-14/h3-5,7-8,15-16H,2,6,9-13H2,1H3/t15-/m0/s1. The van der Waals surface area contributed by atoms with E-state index in [4.69, 9.17) is 4.74 Å². The van der Waals surface area contributed by atoms with E-state index in [0.29, 0.717) is 26.2 Å². The highest BCUT2D eigenvalue weighted by Gasteiger charge is 2.28. The Kier molecular flexibility index (Phi) is 6.17. The van der Waals surface area contributed by atoms with Crippen LogP contribution in [0.15, 0.2) is 30.3 Å². The van der Waals surface area contributed by atoms with Crippen LogP contribution in [0.3, 0.4) is 0 Å². The van der Waals surface area contributed by atoms with Crippen molar-refractivity contribution in [2.45, 2.75) is 38.8 Å². The Morgan fingerprint density at radius 2 is 2.10 bits per heavy atom. The molecule has 1 atom stereocenters. The maximum atomic E-state index is 12.3. The van der Waals surface area contributed by atoms with Crippen molar-refractivity contribution in [3.8, 4) is 0 Å². The summed E-state index contributed by atoms with van der Waals surface area (Å²) in [4.78, 5) is 0. The molecule has 1 aliphatic heterocycles. The summed E-state index contributed by atoms with van der Waals surface area (Å²) in [6.45, 7) is 4.08. The van der Waals surface area contributed by atoms with Crippen molar-refractivity contribution in [1.29, 1.82) is 0 Å². The first kappa shape index (κ1) is 16.4. The molecule has 1 saturated heterocycles. The molecule has 0 radical (unpaired) electrons. The van der Waals surface area contributed by atoms with E-state index < -0.39 is 10.2 Å². The minimum absolute atomic E-state index is 0.0204. The van der Waals surface area contributed by atoms with Crippen LogP contribution in [-0.4, -0.2) is 38.5 Å². The third kappa shape index (κ3) is 5.07. The summed E-state index contributed by atoms with van der Waals surface area (Å²) in [5, 5.41) is 0. The van der Waals surface area contributed by atoms with E-state index in [1.54, 1.807) is 0 Å². The van der Waals surface area contributed by atoms with Gasteiger partial charge in [0, 0.05) is 26.2 Å². The fraction of sp³-hybridized carbons (Fsp3) is 0.600. The van der Waals surface area contributed by atoms with Crippen LogP contribution < -0.4 is 4.72 Å². The topological polar surface area (TPSA) is 58.6 Å². The Labute approximate surface area is 127 Å². The van der Waals surface area contributed by atoms with Crippen molar-refractivity contribution in [2.75, 3.05) is 19.7 Å². The second-order valence-electron chi connectivity index (χ2n) is 5.30. The van der Waals surface area contributed by atoms with Crippen LogP contribution in [0, 0.1) is 0 Å². The third-order valence-corrected chi connectivity index (χ3v) is 5.06. The van der Waals surface area contributed by atoms with E-state index in [0.717, 1.165) is 24.8 Å². The van der Waals surface area contributed by atoms with Crippen molar-refractivity contribution in [3.05, 3.63) is 35.9 Å². The van der Waals surface area contributed by atoms with Gasteiger partial charge >= 0.3 is 0 Å². The number of benzene rings is 1. The summed E-state index contributed by atoms with van der Waals surface area (Å²) >= 11 is 0. The lowest BCUT2D eigenvalue weighted by molar-refractivity contribution is 0.0191.